The zero-order chi connectivity index (χ0) is 14.8. The van der Waals surface area contributed by atoms with E-state index in [0.29, 0.717) is 5.82 Å². The lowest BCUT2D eigenvalue weighted by atomic mass is 10.3. The Kier molecular flexibility index (Phi) is 4.10. The third-order valence-electron chi connectivity index (χ3n) is 2.54. The van der Waals surface area contributed by atoms with Crippen molar-refractivity contribution in [3.05, 3.63) is 36.5 Å². The van der Waals surface area contributed by atoms with Crippen molar-refractivity contribution >= 4 is 21.5 Å². The number of nitrogens with one attached hydrogen (secondary N) is 2. The van der Waals surface area contributed by atoms with Crippen LogP contribution in [0.3, 0.4) is 0 Å². The van der Waals surface area contributed by atoms with Gasteiger partial charge in [0, 0.05) is 31.0 Å². The van der Waals surface area contributed by atoms with E-state index in [1.807, 2.05) is 19.3 Å². The Hall–Kier alpha value is -1.86. The van der Waals surface area contributed by atoms with Crippen LogP contribution in [0.1, 0.15) is 13.8 Å². The lowest BCUT2D eigenvalue weighted by Crippen LogP contribution is -2.30. The van der Waals surface area contributed by atoms with E-state index in [1.54, 1.807) is 42.8 Å². The maximum absolute atomic E-state index is 12.0. The second kappa shape index (κ2) is 5.64. The molecule has 2 N–H and O–H groups in total. The molecular formula is C13H18N4O2S. The van der Waals surface area contributed by atoms with Gasteiger partial charge in [-0.1, -0.05) is 0 Å². The molecule has 2 rings (SSSR count). The molecule has 0 bridgehead atoms. The zero-order valence-electron chi connectivity index (χ0n) is 11.7. The molecule has 0 saturated heterocycles. The smallest absolute Gasteiger partial charge is 0.240 e. The lowest BCUT2D eigenvalue weighted by Gasteiger charge is -2.10. The molecule has 0 aliphatic carbocycles. The van der Waals surface area contributed by atoms with E-state index >= 15 is 0 Å². The number of aryl methyl sites for hydroxylation is 1. The SMILES string of the molecule is CC(C)NS(=O)(=O)c1ccc(Nc2ccn(C)n2)cc1. The van der Waals surface area contributed by atoms with Crippen LogP contribution in [0.4, 0.5) is 11.5 Å². The van der Waals surface area contributed by atoms with E-state index in [4.69, 9.17) is 0 Å². The van der Waals surface area contributed by atoms with E-state index < -0.39 is 10.0 Å². The van der Waals surface area contributed by atoms with Crippen LogP contribution in [-0.2, 0) is 17.1 Å². The average Bonchev–Trinajstić information content (AvgIpc) is 2.74. The van der Waals surface area contributed by atoms with Crippen molar-refractivity contribution in [3.63, 3.8) is 0 Å². The van der Waals surface area contributed by atoms with Crippen molar-refractivity contribution in [2.45, 2.75) is 24.8 Å². The summed E-state index contributed by atoms with van der Waals surface area (Å²) >= 11 is 0. The van der Waals surface area contributed by atoms with E-state index in [9.17, 15) is 8.42 Å². The van der Waals surface area contributed by atoms with Crippen LogP contribution in [0.2, 0.25) is 0 Å². The summed E-state index contributed by atoms with van der Waals surface area (Å²) in [4.78, 5) is 0.248. The van der Waals surface area contributed by atoms with Crippen LogP contribution in [0, 0.1) is 0 Å². The second-order valence-electron chi connectivity index (χ2n) is 4.80. The molecular weight excluding hydrogens is 276 g/mol. The molecule has 7 heteroatoms. The standard InChI is InChI=1S/C13H18N4O2S/c1-10(2)16-20(18,19)12-6-4-11(5-7-12)14-13-8-9-17(3)15-13/h4-10,16H,1-3H3,(H,14,15). The second-order valence-corrected chi connectivity index (χ2v) is 6.51. The highest BCUT2D eigenvalue weighted by Crippen LogP contribution is 2.17. The van der Waals surface area contributed by atoms with Gasteiger partial charge >= 0.3 is 0 Å². The predicted octanol–water partition coefficient (Wildman–Crippen LogP) is 1.85. The van der Waals surface area contributed by atoms with Gasteiger partial charge in [-0.2, -0.15) is 5.10 Å². The molecule has 1 aromatic carbocycles. The maximum atomic E-state index is 12.0. The molecule has 0 aliphatic heterocycles. The van der Waals surface area contributed by atoms with Gasteiger partial charge in [0.2, 0.25) is 10.0 Å². The number of rotatable bonds is 5. The molecule has 0 spiro atoms. The third-order valence-corrected chi connectivity index (χ3v) is 4.22. The topological polar surface area (TPSA) is 76.0 Å². The van der Waals surface area contributed by atoms with Gasteiger partial charge in [0.15, 0.2) is 5.82 Å². The summed E-state index contributed by atoms with van der Waals surface area (Å²) in [6.45, 7) is 3.57. The minimum Gasteiger partial charge on any atom is -0.339 e. The van der Waals surface area contributed by atoms with E-state index in [0.717, 1.165) is 5.69 Å². The van der Waals surface area contributed by atoms with Gasteiger partial charge < -0.3 is 5.32 Å². The summed E-state index contributed by atoms with van der Waals surface area (Å²) in [7, 11) is -1.61. The minimum atomic E-state index is -3.44. The maximum Gasteiger partial charge on any atom is 0.240 e. The zero-order valence-corrected chi connectivity index (χ0v) is 12.5. The van der Waals surface area contributed by atoms with E-state index in [-0.39, 0.29) is 10.9 Å². The molecule has 0 unspecified atom stereocenters. The van der Waals surface area contributed by atoms with E-state index in [2.05, 4.69) is 15.1 Å². The molecule has 2 aromatic rings. The van der Waals surface area contributed by atoms with Crippen molar-refractivity contribution in [3.8, 4) is 0 Å². The van der Waals surface area contributed by atoms with Crippen molar-refractivity contribution in [2.24, 2.45) is 7.05 Å². The third kappa shape index (κ3) is 3.58. The fourth-order valence-corrected chi connectivity index (χ4v) is 2.98. The highest BCUT2D eigenvalue weighted by Gasteiger charge is 2.14. The number of hydrogen-bond donors (Lipinski definition) is 2. The summed E-state index contributed by atoms with van der Waals surface area (Å²) in [6.07, 6.45) is 1.83. The van der Waals surface area contributed by atoms with Crippen LogP contribution < -0.4 is 10.0 Å². The van der Waals surface area contributed by atoms with E-state index in [1.165, 1.54) is 0 Å². The highest BCUT2D eigenvalue weighted by molar-refractivity contribution is 7.89. The number of hydrogen-bond acceptors (Lipinski definition) is 4. The Bertz CT molecular complexity index is 675. The van der Waals surface area contributed by atoms with Crippen LogP contribution in [0.25, 0.3) is 0 Å². The first-order valence-corrected chi connectivity index (χ1v) is 7.74. The van der Waals surface area contributed by atoms with Gasteiger partial charge in [0.05, 0.1) is 4.90 Å². The van der Waals surface area contributed by atoms with Gasteiger partial charge in [0.1, 0.15) is 0 Å². The molecule has 0 atom stereocenters. The Morgan fingerprint density at radius 2 is 1.80 bits per heavy atom. The van der Waals surface area contributed by atoms with Gasteiger partial charge in [0.25, 0.3) is 0 Å². The first kappa shape index (κ1) is 14.5. The fourth-order valence-electron chi connectivity index (χ4n) is 1.73. The molecule has 0 fully saturated rings. The van der Waals surface area contributed by atoms with Gasteiger partial charge in [-0.3, -0.25) is 4.68 Å². The lowest BCUT2D eigenvalue weighted by molar-refractivity contribution is 0.570. The molecule has 108 valence electrons. The first-order valence-electron chi connectivity index (χ1n) is 6.26. The Morgan fingerprint density at radius 1 is 1.15 bits per heavy atom. The fraction of sp³-hybridized carbons (Fsp3) is 0.308. The average molecular weight is 294 g/mol. The molecule has 0 radical (unpaired) electrons. The van der Waals surface area contributed by atoms with Crippen LogP contribution in [0.15, 0.2) is 41.4 Å². The summed E-state index contributed by atoms with van der Waals surface area (Å²) in [6, 6.07) is 8.26. The van der Waals surface area contributed by atoms with Crippen LogP contribution >= 0.6 is 0 Å². The molecule has 0 saturated carbocycles. The molecule has 1 aromatic heterocycles. The quantitative estimate of drug-likeness (QED) is 0.882. The molecule has 0 aliphatic rings. The summed E-state index contributed by atoms with van der Waals surface area (Å²) in [5.41, 5.74) is 0.784. The first-order chi connectivity index (χ1) is 9.37. The Morgan fingerprint density at radius 3 is 2.30 bits per heavy atom. The molecule has 20 heavy (non-hydrogen) atoms. The van der Waals surface area contributed by atoms with Gasteiger partial charge in [-0.05, 0) is 38.1 Å². The molecule has 1 heterocycles. The minimum absolute atomic E-state index is 0.133. The van der Waals surface area contributed by atoms with Crippen molar-refractivity contribution in [1.29, 1.82) is 0 Å². The number of anilines is 2. The molecule has 6 nitrogen and oxygen atoms in total. The number of benzene rings is 1. The number of aromatic nitrogens is 2. The van der Waals surface area contributed by atoms with Crippen LogP contribution in [-0.4, -0.2) is 24.2 Å². The van der Waals surface area contributed by atoms with Crippen molar-refractivity contribution < 1.29 is 8.42 Å². The predicted molar refractivity (Wildman–Crippen MR) is 78.4 cm³/mol. The number of nitrogens with zero attached hydrogens (tertiary/aromatic N) is 2. The molecule has 0 amide bonds. The van der Waals surface area contributed by atoms with Crippen molar-refractivity contribution in [1.82, 2.24) is 14.5 Å². The highest BCUT2D eigenvalue weighted by atomic mass is 32.2. The summed E-state index contributed by atoms with van der Waals surface area (Å²) < 4.78 is 28.2. The monoisotopic (exact) mass is 294 g/mol. The summed E-state index contributed by atoms with van der Waals surface area (Å²) in [5, 5.41) is 7.29. The Labute approximate surface area is 118 Å². The van der Waals surface area contributed by atoms with Gasteiger partial charge in [-0.15, -0.1) is 0 Å². The Balaban J connectivity index is 2.14. The van der Waals surface area contributed by atoms with Crippen LogP contribution in [0.5, 0.6) is 0 Å². The van der Waals surface area contributed by atoms with Crippen molar-refractivity contribution in [2.75, 3.05) is 5.32 Å². The largest absolute Gasteiger partial charge is 0.339 e. The summed E-state index contributed by atoms with van der Waals surface area (Å²) in [5.74, 6) is 0.711. The van der Waals surface area contributed by atoms with Gasteiger partial charge in [-0.25, -0.2) is 13.1 Å². The normalized spacial score (nSPS) is 11.8. The number of sulfonamides is 1.